The highest BCUT2D eigenvalue weighted by Gasteiger charge is 2.33. The number of rotatable bonds is 3. The molecule has 1 atom stereocenters. The summed E-state index contributed by atoms with van der Waals surface area (Å²) in [6.45, 7) is 2.95. The SMILES string of the molecule is Fc1cc([C@H](c2cccs2)N2CCNCC2)cc(C(F)(F)F)c1. The van der Waals surface area contributed by atoms with Crippen molar-refractivity contribution in [2.24, 2.45) is 0 Å². The Morgan fingerprint density at radius 3 is 2.48 bits per heavy atom. The third-order valence-electron chi connectivity index (χ3n) is 3.89. The lowest BCUT2D eigenvalue weighted by molar-refractivity contribution is -0.137. The summed E-state index contributed by atoms with van der Waals surface area (Å²) in [4.78, 5) is 3.02. The van der Waals surface area contributed by atoms with Gasteiger partial charge in [0, 0.05) is 31.1 Å². The van der Waals surface area contributed by atoms with E-state index in [4.69, 9.17) is 0 Å². The van der Waals surface area contributed by atoms with Crippen LogP contribution in [0, 0.1) is 5.82 Å². The van der Waals surface area contributed by atoms with Crippen LogP contribution in [0.3, 0.4) is 0 Å². The van der Waals surface area contributed by atoms with Gasteiger partial charge in [-0.2, -0.15) is 13.2 Å². The molecule has 0 unspecified atom stereocenters. The largest absolute Gasteiger partial charge is 0.416 e. The fourth-order valence-electron chi connectivity index (χ4n) is 2.88. The Labute approximate surface area is 135 Å². The predicted octanol–water partition coefficient (Wildman–Crippen LogP) is 3.90. The highest BCUT2D eigenvalue weighted by atomic mass is 32.1. The van der Waals surface area contributed by atoms with Crippen LogP contribution in [-0.4, -0.2) is 31.1 Å². The fraction of sp³-hybridized carbons (Fsp3) is 0.375. The first-order valence-electron chi connectivity index (χ1n) is 7.31. The molecule has 1 aromatic carbocycles. The monoisotopic (exact) mass is 344 g/mol. The first-order chi connectivity index (χ1) is 10.9. The lowest BCUT2D eigenvalue weighted by atomic mass is 10.00. The number of piperazine rings is 1. The Morgan fingerprint density at radius 2 is 1.87 bits per heavy atom. The molecular weight excluding hydrogens is 328 g/mol. The number of nitrogens with one attached hydrogen (secondary N) is 1. The molecule has 2 heterocycles. The van der Waals surface area contributed by atoms with Crippen LogP contribution in [0.2, 0.25) is 0 Å². The zero-order valence-corrected chi connectivity index (χ0v) is 13.1. The van der Waals surface area contributed by atoms with Gasteiger partial charge in [0.2, 0.25) is 0 Å². The minimum atomic E-state index is -4.56. The van der Waals surface area contributed by atoms with Crippen LogP contribution in [0.25, 0.3) is 0 Å². The van der Waals surface area contributed by atoms with E-state index in [1.54, 1.807) is 0 Å². The minimum Gasteiger partial charge on any atom is -0.314 e. The number of thiophene rings is 1. The Balaban J connectivity index is 2.04. The van der Waals surface area contributed by atoms with Crippen LogP contribution in [-0.2, 0) is 6.18 Å². The third-order valence-corrected chi connectivity index (χ3v) is 4.82. The van der Waals surface area contributed by atoms with Crippen molar-refractivity contribution in [2.75, 3.05) is 26.2 Å². The second-order valence-electron chi connectivity index (χ2n) is 5.47. The van der Waals surface area contributed by atoms with Crippen LogP contribution in [0.15, 0.2) is 35.7 Å². The topological polar surface area (TPSA) is 15.3 Å². The zero-order valence-electron chi connectivity index (χ0n) is 12.2. The molecule has 7 heteroatoms. The van der Waals surface area contributed by atoms with Crippen molar-refractivity contribution in [3.8, 4) is 0 Å². The van der Waals surface area contributed by atoms with Crippen molar-refractivity contribution in [1.29, 1.82) is 0 Å². The van der Waals surface area contributed by atoms with Crippen LogP contribution in [0.4, 0.5) is 17.6 Å². The molecule has 0 bridgehead atoms. The maximum atomic E-state index is 13.8. The molecule has 0 amide bonds. The molecule has 0 saturated carbocycles. The van der Waals surface area contributed by atoms with Gasteiger partial charge in [0.1, 0.15) is 5.82 Å². The van der Waals surface area contributed by atoms with Crippen LogP contribution >= 0.6 is 11.3 Å². The molecule has 1 fully saturated rings. The summed E-state index contributed by atoms with van der Waals surface area (Å²) in [5, 5.41) is 5.10. The normalized spacial score (nSPS) is 18.1. The van der Waals surface area contributed by atoms with Gasteiger partial charge in [-0.3, -0.25) is 4.90 Å². The van der Waals surface area contributed by atoms with Gasteiger partial charge in [0.25, 0.3) is 0 Å². The molecule has 3 rings (SSSR count). The molecule has 0 radical (unpaired) electrons. The second-order valence-corrected chi connectivity index (χ2v) is 6.45. The summed E-state index contributed by atoms with van der Waals surface area (Å²) >= 11 is 1.47. The summed E-state index contributed by atoms with van der Waals surface area (Å²) in [5.41, 5.74) is -0.592. The molecule has 2 nitrogen and oxygen atoms in total. The Morgan fingerprint density at radius 1 is 1.13 bits per heavy atom. The standard InChI is InChI=1S/C16H16F4N2S/c17-13-9-11(8-12(10-13)16(18,19)20)15(14-2-1-7-23-14)22-5-3-21-4-6-22/h1-2,7-10,15,21H,3-6H2/t15-/m1/s1. The van der Waals surface area contributed by atoms with Gasteiger partial charge in [0.15, 0.2) is 0 Å². The highest BCUT2D eigenvalue weighted by molar-refractivity contribution is 7.10. The van der Waals surface area contributed by atoms with Gasteiger partial charge in [-0.05, 0) is 35.2 Å². The second kappa shape index (κ2) is 6.59. The highest BCUT2D eigenvalue weighted by Crippen LogP contribution is 2.36. The van der Waals surface area contributed by atoms with E-state index >= 15 is 0 Å². The van der Waals surface area contributed by atoms with E-state index in [1.807, 2.05) is 17.5 Å². The first-order valence-corrected chi connectivity index (χ1v) is 8.19. The fourth-order valence-corrected chi connectivity index (χ4v) is 3.76. The first kappa shape index (κ1) is 16.4. The Hall–Kier alpha value is -1.44. The van der Waals surface area contributed by atoms with Crippen molar-refractivity contribution >= 4 is 11.3 Å². The molecule has 1 saturated heterocycles. The molecule has 124 valence electrons. The summed E-state index contributed by atoms with van der Waals surface area (Å²) in [6, 6.07) is 6.22. The Bertz CT molecular complexity index is 649. The lowest BCUT2D eigenvalue weighted by Gasteiger charge is -2.35. The molecule has 0 spiro atoms. The molecule has 1 aliphatic rings. The zero-order chi connectivity index (χ0) is 16.4. The average Bonchev–Trinajstić information content (AvgIpc) is 3.01. The summed E-state index contributed by atoms with van der Waals surface area (Å²) in [6.07, 6.45) is -4.56. The number of benzene rings is 1. The predicted molar refractivity (Wildman–Crippen MR) is 82.0 cm³/mol. The number of nitrogens with zero attached hydrogens (tertiary/aromatic N) is 1. The van der Waals surface area contributed by atoms with Crippen LogP contribution in [0.1, 0.15) is 22.0 Å². The van der Waals surface area contributed by atoms with Gasteiger partial charge in [-0.1, -0.05) is 6.07 Å². The van der Waals surface area contributed by atoms with Crippen molar-refractivity contribution < 1.29 is 17.6 Å². The van der Waals surface area contributed by atoms with Crippen molar-refractivity contribution in [1.82, 2.24) is 10.2 Å². The van der Waals surface area contributed by atoms with E-state index < -0.39 is 17.6 Å². The minimum absolute atomic E-state index is 0.349. The number of hydrogen-bond donors (Lipinski definition) is 1. The molecule has 1 aromatic heterocycles. The molecule has 1 N–H and O–H groups in total. The summed E-state index contributed by atoms with van der Waals surface area (Å²) in [5.74, 6) is -0.855. The van der Waals surface area contributed by atoms with Gasteiger partial charge in [-0.25, -0.2) is 4.39 Å². The molecule has 2 aromatic rings. The van der Waals surface area contributed by atoms with Crippen LogP contribution in [0.5, 0.6) is 0 Å². The van der Waals surface area contributed by atoms with Crippen LogP contribution < -0.4 is 5.32 Å². The number of hydrogen-bond acceptors (Lipinski definition) is 3. The average molecular weight is 344 g/mol. The molecule has 0 aliphatic carbocycles. The van der Waals surface area contributed by atoms with Crippen molar-refractivity contribution in [3.05, 3.63) is 57.5 Å². The van der Waals surface area contributed by atoms with Crippen molar-refractivity contribution in [2.45, 2.75) is 12.2 Å². The van der Waals surface area contributed by atoms with E-state index in [-0.39, 0.29) is 6.04 Å². The van der Waals surface area contributed by atoms with Gasteiger partial charge in [0.05, 0.1) is 11.6 Å². The van der Waals surface area contributed by atoms with E-state index in [0.717, 1.165) is 24.0 Å². The smallest absolute Gasteiger partial charge is 0.314 e. The number of alkyl halides is 3. The van der Waals surface area contributed by atoms with E-state index in [0.29, 0.717) is 24.7 Å². The lowest BCUT2D eigenvalue weighted by Crippen LogP contribution is -2.45. The van der Waals surface area contributed by atoms with Gasteiger partial charge in [-0.15, -0.1) is 11.3 Å². The third kappa shape index (κ3) is 3.73. The quantitative estimate of drug-likeness (QED) is 0.850. The van der Waals surface area contributed by atoms with Gasteiger partial charge < -0.3 is 5.32 Å². The Kier molecular flexibility index (Phi) is 4.70. The maximum Gasteiger partial charge on any atom is 0.416 e. The van der Waals surface area contributed by atoms with E-state index in [9.17, 15) is 17.6 Å². The van der Waals surface area contributed by atoms with E-state index in [2.05, 4.69) is 10.2 Å². The summed E-state index contributed by atoms with van der Waals surface area (Å²) < 4.78 is 52.8. The number of halogens is 4. The maximum absolute atomic E-state index is 13.8. The van der Waals surface area contributed by atoms with Gasteiger partial charge >= 0.3 is 6.18 Å². The summed E-state index contributed by atoms with van der Waals surface area (Å²) in [7, 11) is 0. The van der Waals surface area contributed by atoms with E-state index in [1.165, 1.54) is 17.4 Å². The molecular formula is C16H16F4N2S. The molecule has 1 aliphatic heterocycles. The van der Waals surface area contributed by atoms with Crippen molar-refractivity contribution in [3.63, 3.8) is 0 Å². The molecule has 23 heavy (non-hydrogen) atoms.